The zero-order valence-electron chi connectivity index (χ0n) is 18.6. The Morgan fingerprint density at radius 2 is 1.61 bits per heavy atom. The molecule has 2 aliphatic rings. The van der Waals surface area contributed by atoms with Crippen LogP contribution < -0.4 is 0 Å². The first-order valence-corrected chi connectivity index (χ1v) is 11.7. The lowest BCUT2D eigenvalue weighted by Gasteiger charge is -2.36. The third-order valence-corrected chi connectivity index (χ3v) is 6.62. The van der Waals surface area contributed by atoms with Crippen LogP contribution in [0.2, 0.25) is 0 Å². The SMILES string of the molecule is O=C(c1cnn(-c2ccc(F)cc2)c1-n1cccc1)N1CCCC(C(=O)N2CCCCC2)C1. The van der Waals surface area contributed by atoms with Crippen molar-refractivity contribution in [1.29, 1.82) is 0 Å². The summed E-state index contributed by atoms with van der Waals surface area (Å²) in [5, 5.41) is 4.47. The van der Waals surface area contributed by atoms with Crippen LogP contribution in [-0.2, 0) is 4.79 Å². The minimum Gasteiger partial charge on any atom is -0.342 e. The molecule has 5 rings (SSSR count). The van der Waals surface area contributed by atoms with Crippen LogP contribution in [0.3, 0.4) is 0 Å². The van der Waals surface area contributed by atoms with E-state index in [0.29, 0.717) is 30.2 Å². The molecule has 3 aromatic rings. The van der Waals surface area contributed by atoms with E-state index in [2.05, 4.69) is 5.10 Å². The Kier molecular flexibility index (Phi) is 5.98. The van der Waals surface area contributed by atoms with Gasteiger partial charge in [-0.2, -0.15) is 5.10 Å². The normalized spacial score (nSPS) is 19.0. The molecule has 0 spiro atoms. The fraction of sp³-hybridized carbons (Fsp3) is 0.400. The molecule has 172 valence electrons. The van der Waals surface area contributed by atoms with Gasteiger partial charge in [0.2, 0.25) is 5.91 Å². The van der Waals surface area contributed by atoms with Crippen LogP contribution in [0.4, 0.5) is 4.39 Å². The predicted octanol–water partition coefficient (Wildman–Crippen LogP) is 3.67. The van der Waals surface area contributed by atoms with Gasteiger partial charge in [-0.1, -0.05) is 0 Å². The fourth-order valence-electron chi connectivity index (χ4n) is 4.89. The maximum atomic E-state index is 13.6. The van der Waals surface area contributed by atoms with Gasteiger partial charge in [0, 0.05) is 38.6 Å². The van der Waals surface area contributed by atoms with Crippen molar-refractivity contribution in [2.24, 2.45) is 5.92 Å². The van der Waals surface area contributed by atoms with Gasteiger partial charge in [0.1, 0.15) is 11.4 Å². The highest BCUT2D eigenvalue weighted by Gasteiger charge is 2.33. The second-order valence-corrected chi connectivity index (χ2v) is 8.84. The van der Waals surface area contributed by atoms with E-state index in [0.717, 1.165) is 38.8 Å². The monoisotopic (exact) mass is 449 g/mol. The number of carbonyl (C=O) groups is 2. The van der Waals surface area contributed by atoms with Crippen LogP contribution in [0.15, 0.2) is 55.0 Å². The Bertz CT molecular complexity index is 1120. The largest absolute Gasteiger partial charge is 0.342 e. The summed E-state index contributed by atoms with van der Waals surface area (Å²) >= 11 is 0. The number of rotatable bonds is 4. The Labute approximate surface area is 192 Å². The molecular weight excluding hydrogens is 421 g/mol. The zero-order chi connectivity index (χ0) is 22.8. The highest BCUT2D eigenvalue weighted by molar-refractivity contribution is 5.97. The number of hydrogen-bond acceptors (Lipinski definition) is 3. The predicted molar refractivity (Wildman–Crippen MR) is 122 cm³/mol. The summed E-state index contributed by atoms with van der Waals surface area (Å²) in [4.78, 5) is 30.5. The lowest BCUT2D eigenvalue weighted by Crippen LogP contribution is -2.48. The molecule has 2 aromatic heterocycles. The Morgan fingerprint density at radius 1 is 0.909 bits per heavy atom. The Balaban J connectivity index is 1.42. The Morgan fingerprint density at radius 3 is 2.33 bits per heavy atom. The summed E-state index contributed by atoms with van der Waals surface area (Å²) in [5.74, 6) is 0.162. The average molecular weight is 450 g/mol. The van der Waals surface area contributed by atoms with Crippen LogP contribution >= 0.6 is 0 Å². The second kappa shape index (κ2) is 9.21. The van der Waals surface area contributed by atoms with Gasteiger partial charge in [-0.05, 0) is 68.5 Å². The molecule has 0 saturated carbocycles. The van der Waals surface area contributed by atoms with E-state index in [-0.39, 0.29) is 23.5 Å². The van der Waals surface area contributed by atoms with Gasteiger partial charge in [0.15, 0.2) is 5.82 Å². The second-order valence-electron chi connectivity index (χ2n) is 8.84. The number of aromatic nitrogens is 3. The van der Waals surface area contributed by atoms with Gasteiger partial charge in [-0.3, -0.25) is 9.59 Å². The first-order valence-electron chi connectivity index (χ1n) is 11.7. The molecule has 0 aliphatic carbocycles. The molecule has 2 fully saturated rings. The minimum atomic E-state index is -0.331. The van der Waals surface area contributed by atoms with Crippen molar-refractivity contribution < 1.29 is 14.0 Å². The number of piperidine rings is 2. The molecule has 8 heteroatoms. The van der Waals surface area contributed by atoms with Gasteiger partial charge in [-0.15, -0.1) is 0 Å². The van der Waals surface area contributed by atoms with Crippen LogP contribution in [-0.4, -0.2) is 62.1 Å². The fourth-order valence-corrected chi connectivity index (χ4v) is 4.89. The quantitative estimate of drug-likeness (QED) is 0.611. The topological polar surface area (TPSA) is 63.4 Å². The number of benzene rings is 1. The van der Waals surface area contributed by atoms with Crippen LogP contribution in [0, 0.1) is 11.7 Å². The number of carbonyl (C=O) groups excluding carboxylic acids is 2. The van der Waals surface area contributed by atoms with E-state index < -0.39 is 0 Å². The van der Waals surface area contributed by atoms with E-state index in [9.17, 15) is 14.0 Å². The van der Waals surface area contributed by atoms with Crippen LogP contribution in [0.5, 0.6) is 0 Å². The number of nitrogens with zero attached hydrogens (tertiary/aromatic N) is 5. The minimum absolute atomic E-state index is 0.136. The number of hydrogen-bond donors (Lipinski definition) is 0. The zero-order valence-corrected chi connectivity index (χ0v) is 18.6. The maximum Gasteiger partial charge on any atom is 0.259 e. The number of amides is 2. The molecule has 7 nitrogen and oxygen atoms in total. The summed E-state index contributed by atoms with van der Waals surface area (Å²) in [7, 11) is 0. The van der Waals surface area contributed by atoms with Crippen molar-refractivity contribution in [3.63, 3.8) is 0 Å². The van der Waals surface area contributed by atoms with Crippen molar-refractivity contribution in [2.75, 3.05) is 26.2 Å². The molecule has 2 saturated heterocycles. The van der Waals surface area contributed by atoms with Crippen molar-refractivity contribution in [3.05, 3.63) is 66.4 Å². The number of likely N-dealkylation sites (tertiary alicyclic amines) is 2. The molecule has 2 aliphatic heterocycles. The molecule has 4 heterocycles. The van der Waals surface area contributed by atoms with E-state index in [4.69, 9.17) is 0 Å². The van der Waals surface area contributed by atoms with Crippen LogP contribution in [0.1, 0.15) is 42.5 Å². The smallest absolute Gasteiger partial charge is 0.259 e. The van der Waals surface area contributed by atoms with Gasteiger partial charge >= 0.3 is 0 Å². The Hall–Kier alpha value is -3.42. The van der Waals surface area contributed by atoms with Crippen molar-refractivity contribution in [1.82, 2.24) is 24.1 Å². The van der Waals surface area contributed by atoms with Crippen molar-refractivity contribution in [3.8, 4) is 11.5 Å². The van der Waals surface area contributed by atoms with E-state index in [1.807, 2.05) is 34.0 Å². The molecular formula is C25H28FN5O2. The molecule has 33 heavy (non-hydrogen) atoms. The van der Waals surface area contributed by atoms with Gasteiger partial charge < -0.3 is 14.4 Å². The lowest BCUT2D eigenvalue weighted by atomic mass is 9.95. The summed E-state index contributed by atoms with van der Waals surface area (Å²) in [5.41, 5.74) is 1.12. The van der Waals surface area contributed by atoms with E-state index in [1.165, 1.54) is 18.6 Å². The summed E-state index contributed by atoms with van der Waals surface area (Å²) in [6.07, 6.45) is 10.2. The molecule has 1 atom stereocenters. The molecule has 0 radical (unpaired) electrons. The van der Waals surface area contributed by atoms with Crippen molar-refractivity contribution >= 4 is 11.8 Å². The average Bonchev–Trinajstić information content (AvgIpc) is 3.54. The standard InChI is InChI=1S/C25H28FN5O2/c26-20-8-10-21(11-9-20)31-23(28-12-4-5-13-28)22(17-27-31)25(33)30-16-6-7-19(18-30)24(32)29-14-2-1-3-15-29/h4-5,8-13,17,19H,1-3,6-7,14-16,18H2. The van der Waals surface area contributed by atoms with Gasteiger partial charge in [0.25, 0.3) is 5.91 Å². The molecule has 0 bridgehead atoms. The molecule has 1 unspecified atom stereocenters. The van der Waals surface area contributed by atoms with Crippen LogP contribution in [0.25, 0.3) is 11.5 Å². The van der Waals surface area contributed by atoms with Crippen molar-refractivity contribution in [2.45, 2.75) is 32.1 Å². The van der Waals surface area contributed by atoms with Gasteiger partial charge in [-0.25, -0.2) is 9.07 Å². The van der Waals surface area contributed by atoms with E-state index >= 15 is 0 Å². The first-order chi connectivity index (χ1) is 16.1. The van der Waals surface area contributed by atoms with Gasteiger partial charge in [0.05, 0.1) is 17.8 Å². The maximum absolute atomic E-state index is 13.6. The third-order valence-electron chi connectivity index (χ3n) is 6.62. The third kappa shape index (κ3) is 4.29. The molecule has 1 aromatic carbocycles. The highest BCUT2D eigenvalue weighted by atomic mass is 19.1. The highest BCUT2D eigenvalue weighted by Crippen LogP contribution is 2.26. The molecule has 2 amide bonds. The first kappa shape index (κ1) is 21.4. The number of halogens is 1. The molecule has 0 N–H and O–H groups in total. The summed E-state index contributed by atoms with van der Waals surface area (Å²) < 4.78 is 16.9. The van der Waals surface area contributed by atoms with E-state index in [1.54, 1.807) is 27.9 Å². The summed E-state index contributed by atoms with van der Waals surface area (Å²) in [6, 6.07) is 9.78. The summed E-state index contributed by atoms with van der Waals surface area (Å²) in [6.45, 7) is 2.70. The lowest BCUT2D eigenvalue weighted by molar-refractivity contribution is -0.137.